The number of para-hydroxylation sites is 1. The second kappa shape index (κ2) is 7.85. The van der Waals surface area contributed by atoms with Crippen molar-refractivity contribution in [2.75, 3.05) is 18.5 Å². The van der Waals surface area contributed by atoms with E-state index >= 15 is 0 Å². The minimum Gasteiger partial charge on any atom is -0.492 e. The molecule has 2 aromatic rings. The molecule has 0 saturated carbocycles. The Hall–Kier alpha value is -1.62. The maximum Gasteiger partial charge on any atom is 0.132 e. The zero-order valence-electron chi connectivity index (χ0n) is 11.5. The summed E-state index contributed by atoms with van der Waals surface area (Å²) in [4.78, 5) is 8.79. The zero-order chi connectivity index (χ0) is 14.2. The van der Waals surface area contributed by atoms with Crippen molar-refractivity contribution in [3.63, 3.8) is 0 Å². The van der Waals surface area contributed by atoms with Crippen LogP contribution < -0.4 is 10.1 Å². The number of nitrogens with one attached hydrogen (secondary N) is 1. The molecule has 0 bridgehead atoms. The molecular weight excluding hydrogens is 318 g/mol. The standard InChI is InChI=1S/C15H18BrN3O/c1-2-6-14-18-13(16)11-15(19-14)17-9-10-20-12-7-4-3-5-8-12/h3-5,7-8,11H,2,6,9-10H2,1H3,(H,17,18,19). The van der Waals surface area contributed by atoms with E-state index in [0.717, 1.165) is 34.8 Å². The van der Waals surface area contributed by atoms with Crippen LogP contribution in [0.25, 0.3) is 0 Å². The summed E-state index contributed by atoms with van der Waals surface area (Å²) in [5.74, 6) is 2.56. The average molecular weight is 336 g/mol. The second-order valence-electron chi connectivity index (χ2n) is 4.33. The van der Waals surface area contributed by atoms with Gasteiger partial charge in [0.05, 0.1) is 6.54 Å². The predicted molar refractivity (Wildman–Crippen MR) is 84.2 cm³/mol. The molecule has 20 heavy (non-hydrogen) atoms. The van der Waals surface area contributed by atoms with E-state index in [9.17, 15) is 0 Å². The molecular formula is C15H18BrN3O. The fraction of sp³-hybridized carbons (Fsp3) is 0.333. The normalized spacial score (nSPS) is 10.3. The highest BCUT2D eigenvalue weighted by molar-refractivity contribution is 9.10. The van der Waals surface area contributed by atoms with Crippen molar-refractivity contribution in [1.29, 1.82) is 0 Å². The fourth-order valence-electron chi connectivity index (χ4n) is 1.76. The predicted octanol–water partition coefficient (Wildman–Crippen LogP) is 3.68. The summed E-state index contributed by atoms with van der Waals surface area (Å²) < 4.78 is 6.43. The number of rotatable bonds is 7. The van der Waals surface area contributed by atoms with Gasteiger partial charge < -0.3 is 10.1 Å². The van der Waals surface area contributed by atoms with Gasteiger partial charge in [-0.3, -0.25) is 0 Å². The zero-order valence-corrected chi connectivity index (χ0v) is 13.1. The molecule has 0 amide bonds. The smallest absolute Gasteiger partial charge is 0.132 e. The molecule has 1 N–H and O–H groups in total. The third-order valence-electron chi connectivity index (χ3n) is 2.63. The summed E-state index contributed by atoms with van der Waals surface area (Å²) in [6.45, 7) is 3.41. The quantitative estimate of drug-likeness (QED) is 0.619. The van der Waals surface area contributed by atoms with Crippen molar-refractivity contribution in [3.8, 4) is 5.75 Å². The van der Waals surface area contributed by atoms with E-state index in [0.29, 0.717) is 13.2 Å². The topological polar surface area (TPSA) is 47.0 Å². The first kappa shape index (κ1) is 14.8. The lowest BCUT2D eigenvalue weighted by atomic mass is 10.3. The van der Waals surface area contributed by atoms with E-state index in [2.05, 4.69) is 38.1 Å². The molecule has 5 heteroatoms. The summed E-state index contributed by atoms with van der Waals surface area (Å²) in [5.41, 5.74) is 0. The first-order valence-corrected chi connectivity index (χ1v) is 7.52. The Morgan fingerprint density at radius 1 is 1.20 bits per heavy atom. The van der Waals surface area contributed by atoms with Crippen LogP contribution in [0.5, 0.6) is 5.75 Å². The van der Waals surface area contributed by atoms with Crippen LogP contribution in [0.3, 0.4) is 0 Å². The Balaban J connectivity index is 1.81. The first-order valence-electron chi connectivity index (χ1n) is 6.73. The molecule has 106 valence electrons. The average Bonchev–Trinajstić information content (AvgIpc) is 2.45. The molecule has 0 saturated heterocycles. The third kappa shape index (κ3) is 4.81. The van der Waals surface area contributed by atoms with E-state index in [4.69, 9.17) is 4.74 Å². The van der Waals surface area contributed by atoms with Gasteiger partial charge in [0.1, 0.15) is 28.6 Å². The summed E-state index contributed by atoms with van der Waals surface area (Å²) >= 11 is 3.41. The van der Waals surface area contributed by atoms with Gasteiger partial charge in [0.25, 0.3) is 0 Å². The number of nitrogens with zero attached hydrogens (tertiary/aromatic N) is 2. The minimum absolute atomic E-state index is 0.592. The lowest BCUT2D eigenvalue weighted by Crippen LogP contribution is -2.13. The Labute approximate surface area is 127 Å². The number of hydrogen-bond acceptors (Lipinski definition) is 4. The number of aryl methyl sites for hydroxylation is 1. The van der Waals surface area contributed by atoms with Gasteiger partial charge in [0.2, 0.25) is 0 Å². The van der Waals surface area contributed by atoms with Gasteiger partial charge in [-0.2, -0.15) is 0 Å². The number of hydrogen-bond donors (Lipinski definition) is 1. The highest BCUT2D eigenvalue weighted by Crippen LogP contribution is 2.13. The second-order valence-corrected chi connectivity index (χ2v) is 5.14. The third-order valence-corrected chi connectivity index (χ3v) is 3.04. The highest BCUT2D eigenvalue weighted by Gasteiger charge is 2.02. The molecule has 0 radical (unpaired) electrons. The molecule has 0 spiro atoms. The molecule has 4 nitrogen and oxygen atoms in total. The molecule has 0 unspecified atom stereocenters. The van der Waals surface area contributed by atoms with E-state index < -0.39 is 0 Å². The van der Waals surface area contributed by atoms with Crippen molar-refractivity contribution in [2.24, 2.45) is 0 Å². The van der Waals surface area contributed by atoms with Gasteiger partial charge in [-0.25, -0.2) is 9.97 Å². The Morgan fingerprint density at radius 2 is 2.00 bits per heavy atom. The van der Waals surface area contributed by atoms with Crippen LogP contribution in [0.1, 0.15) is 19.2 Å². The number of halogens is 1. The van der Waals surface area contributed by atoms with Crippen molar-refractivity contribution >= 4 is 21.7 Å². The fourth-order valence-corrected chi connectivity index (χ4v) is 2.18. The lowest BCUT2D eigenvalue weighted by molar-refractivity contribution is 0.332. The monoisotopic (exact) mass is 335 g/mol. The van der Waals surface area contributed by atoms with Crippen molar-refractivity contribution in [2.45, 2.75) is 19.8 Å². The number of anilines is 1. The Bertz CT molecular complexity index is 534. The van der Waals surface area contributed by atoms with Crippen LogP contribution in [0.4, 0.5) is 5.82 Å². The molecule has 0 aliphatic rings. The molecule has 0 fully saturated rings. The maximum atomic E-state index is 5.62. The van der Waals surface area contributed by atoms with Crippen molar-refractivity contribution < 1.29 is 4.74 Å². The van der Waals surface area contributed by atoms with Crippen LogP contribution in [-0.2, 0) is 6.42 Å². The summed E-state index contributed by atoms with van der Waals surface area (Å²) in [5, 5.41) is 3.25. The van der Waals surface area contributed by atoms with E-state index in [-0.39, 0.29) is 0 Å². The molecule has 0 atom stereocenters. The van der Waals surface area contributed by atoms with Gasteiger partial charge in [-0.1, -0.05) is 25.1 Å². The lowest BCUT2D eigenvalue weighted by Gasteiger charge is -2.09. The molecule has 1 aromatic carbocycles. The van der Waals surface area contributed by atoms with E-state index in [1.165, 1.54) is 0 Å². The van der Waals surface area contributed by atoms with E-state index in [1.54, 1.807) is 0 Å². The van der Waals surface area contributed by atoms with Crippen LogP contribution >= 0.6 is 15.9 Å². The van der Waals surface area contributed by atoms with Gasteiger partial charge in [0, 0.05) is 12.5 Å². The highest BCUT2D eigenvalue weighted by atomic mass is 79.9. The van der Waals surface area contributed by atoms with Crippen molar-refractivity contribution in [1.82, 2.24) is 9.97 Å². The van der Waals surface area contributed by atoms with Crippen LogP contribution in [0.15, 0.2) is 41.0 Å². The molecule has 0 aliphatic heterocycles. The van der Waals surface area contributed by atoms with Gasteiger partial charge >= 0.3 is 0 Å². The first-order chi connectivity index (χ1) is 9.78. The van der Waals surface area contributed by atoms with Gasteiger partial charge in [-0.05, 0) is 34.5 Å². The SMILES string of the molecule is CCCc1nc(Br)cc(NCCOc2ccccc2)n1. The molecule has 0 aliphatic carbocycles. The molecule has 1 heterocycles. The van der Waals surface area contributed by atoms with Gasteiger partial charge in [-0.15, -0.1) is 0 Å². The Morgan fingerprint density at radius 3 is 2.75 bits per heavy atom. The van der Waals surface area contributed by atoms with Crippen LogP contribution in [0, 0.1) is 0 Å². The largest absolute Gasteiger partial charge is 0.492 e. The van der Waals surface area contributed by atoms with E-state index in [1.807, 2.05) is 36.4 Å². The minimum atomic E-state index is 0.592. The van der Waals surface area contributed by atoms with Gasteiger partial charge in [0.15, 0.2) is 0 Å². The van der Waals surface area contributed by atoms with Crippen molar-refractivity contribution in [3.05, 3.63) is 46.8 Å². The Kier molecular flexibility index (Phi) is 5.80. The number of benzene rings is 1. The summed E-state index contributed by atoms with van der Waals surface area (Å²) in [6, 6.07) is 11.7. The number of aromatic nitrogens is 2. The number of ether oxygens (including phenoxy) is 1. The van der Waals surface area contributed by atoms with Crippen LogP contribution in [0.2, 0.25) is 0 Å². The van der Waals surface area contributed by atoms with Crippen LogP contribution in [-0.4, -0.2) is 23.1 Å². The molecule has 1 aromatic heterocycles. The summed E-state index contributed by atoms with van der Waals surface area (Å²) in [6.07, 6.45) is 1.92. The summed E-state index contributed by atoms with van der Waals surface area (Å²) in [7, 11) is 0. The maximum absolute atomic E-state index is 5.62. The molecule has 2 rings (SSSR count).